The Kier molecular flexibility index (Phi) is 4.08. The van der Waals surface area contributed by atoms with Crippen molar-refractivity contribution in [2.75, 3.05) is 18.0 Å². The molecule has 1 rings (SSSR count). The predicted molar refractivity (Wildman–Crippen MR) is 59.8 cm³/mol. The lowest BCUT2D eigenvalue weighted by Crippen LogP contribution is -2.30. The van der Waals surface area contributed by atoms with Crippen molar-refractivity contribution in [2.45, 2.75) is 0 Å². The molecule has 0 aliphatic carbocycles. The van der Waals surface area contributed by atoms with E-state index < -0.39 is 11.8 Å². The zero-order valence-electron chi connectivity index (χ0n) is 8.85. The minimum atomic E-state index is -1.10. The number of aliphatic carboxylic acids is 1. The van der Waals surface area contributed by atoms with Gasteiger partial charge in [-0.1, -0.05) is 12.0 Å². The molecule has 0 spiro atoms. The molecule has 4 nitrogen and oxygen atoms in total. The van der Waals surface area contributed by atoms with Crippen molar-refractivity contribution >= 4 is 11.7 Å². The summed E-state index contributed by atoms with van der Waals surface area (Å²) >= 11 is 0. The molecule has 1 aromatic carbocycles. The van der Waals surface area contributed by atoms with E-state index in [-0.39, 0.29) is 24.3 Å². The third-order valence-electron chi connectivity index (χ3n) is 2.05. The number of halogens is 1. The number of terminal acetylenes is 1. The lowest BCUT2D eigenvalue weighted by atomic mass is 10.1. The van der Waals surface area contributed by atoms with Crippen LogP contribution in [0.25, 0.3) is 0 Å². The standard InChI is InChI=1S/C12H9FN2O2/c1-2-6-15(8-12(16)17)11-5-3-4-10(13)9(11)7-14/h1,3-5H,6,8H2,(H,16,17). The molecular formula is C12H9FN2O2. The second-order valence-corrected chi connectivity index (χ2v) is 3.20. The molecule has 0 aliphatic rings. The minimum absolute atomic E-state index is 0.00949. The minimum Gasteiger partial charge on any atom is -0.480 e. The Balaban J connectivity index is 3.19. The van der Waals surface area contributed by atoms with Crippen molar-refractivity contribution in [1.29, 1.82) is 5.26 Å². The van der Waals surface area contributed by atoms with E-state index in [1.165, 1.54) is 17.0 Å². The van der Waals surface area contributed by atoms with E-state index in [4.69, 9.17) is 16.8 Å². The van der Waals surface area contributed by atoms with E-state index in [0.29, 0.717) is 0 Å². The summed E-state index contributed by atoms with van der Waals surface area (Å²) in [6.07, 6.45) is 5.11. The number of carboxylic acids is 1. The Hall–Kier alpha value is -2.53. The Morgan fingerprint density at radius 1 is 1.59 bits per heavy atom. The first kappa shape index (κ1) is 12.5. The number of hydrogen-bond acceptors (Lipinski definition) is 3. The number of carbonyl (C=O) groups is 1. The maximum absolute atomic E-state index is 13.3. The van der Waals surface area contributed by atoms with Crippen molar-refractivity contribution in [3.63, 3.8) is 0 Å². The number of rotatable bonds is 4. The molecule has 0 aliphatic heterocycles. The highest BCUT2D eigenvalue weighted by atomic mass is 19.1. The van der Waals surface area contributed by atoms with Crippen LogP contribution in [0.15, 0.2) is 18.2 Å². The fourth-order valence-corrected chi connectivity index (χ4v) is 1.39. The van der Waals surface area contributed by atoms with Crippen LogP contribution >= 0.6 is 0 Å². The van der Waals surface area contributed by atoms with Crippen LogP contribution < -0.4 is 4.90 Å². The second kappa shape index (κ2) is 5.53. The van der Waals surface area contributed by atoms with Gasteiger partial charge in [0.25, 0.3) is 0 Å². The summed E-state index contributed by atoms with van der Waals surface area (Å²) < 4.78 is 13.3. The van der Waals surface area contributed by atoms with Crippen LogP contribution in [0.1, 0.15) is 5.56 Å². The van der Waals surface area contributed by atoms with Gasteiger partial charge in [-0.2, -0.15) is 5.26 Å². The second-order valence-electron chi connectivity index (χ2n) is 3.20. The van der Waals surface area contributed by atoms with E-state index in [9.17, 15) is 9.18 Å². The van der Waals surface area contributed by atoms with Gasteiger partial charge in [-0.05, 0) is 12.1 Å². The molecule has 86 valence electrons. The third kappa shape index (κ3) is 2.96. The molecule has 1 aromatic rings. The van der Waals surface area contributed by atoms with Crippen LogP contribution in [0.4, 0.5) is 10.1 Å². The average Bonchev–Trinajstić information content (AvgIpc) is 2.27. The van der Waals surface area contributed by atoms with Gasteiger partial charge in [0.2, 0.25) is 0 Å². The number of nitriles is 1. The molecule has 0 fully saturated rings. The largest absolute Gasteiger partial charge is 0.480 e. The number of benzene rings is 1. The topological polar surface area (TPSA) is 64.3 Å². The Morgan fingerprint density at radius 2 is 2.29 bits per heavy atom. The molecule has 0 unspecified atom stereocenters. The summed E-state index contributed by atoms with van der Waals surface area (Å²) in [5, 5.41) is 17.6. The number of anilines is 1. The molecule has 5 heteroatoms. The highest BCUT2D eigenvalue weighted by Gasteiger charge is 2.16. The van der Waals surface area contributed by atoms with Crippen molar-refractivity contribution in [3.05, 3.63) is 29.6 Å². The Bertz CT molecular complexity index is 514. The Labute approximate surface area is 97.9 Å². The highest BCUT2D eigenvalue weighted by Crippen LogP contribution is 2.22. The van der Waals surface area contributed by atoms with Crippen molar-refractivity contribution in [2.24, 2.45) is 0 Å². The van der Waals surface area contributed by atoms with Gasteiger partial charge in [0.15, 0.2) is 0 Å². The molecule has 0 saturated heterocycles. The van der Waals surface area contributed by atoms with Crippen LogP contribution in [-0.2, 0) is 4.79 Å². The zero-order valence-corrected chi connectivity index (χ0v) is 8.85. The zero-order chi connectivity index (χ0) is 12.8. The van der Waals surface area contributed by atoms with Crippen LogP contribution in [0.3, 0.4) is 0 Å². The van der Waals surface area contributed by atoms with Crippen LogP contribution in [-0.4, -0.2) is 24.2 Å². The van der Waals surface area contributed by atoms with Crippen molar-refractivity contribution in [1.82, 2.24) is 0 Å². The molecule has 17 heavy (non-hydrogen) atoms. The van der Waals surface area contributed by atoms with Crippen LogP contribution in [0.2, 0.25) is 0 Å². The fourth-order valence-electron chi connectivity index (χ4n) is 1.39. The number of nitrogens with zero attached hydrogens (tertiary/aromatic N) is 2. The monoisotopic (exact) mass is 232 g/mol. The summed E-state index contributed by atoms with van der Waals surface area (Å²) in [6, 6.07) is 5.69. The summed E-state index contributed by atoms with van der Waals surface area (Å²) in [5.74, 6) is 0.473. The Morgan fingerprint density at radius 3 is 2.82 bits per heavy atom. The van der Waals surface area contributed by atoms with Gasteiger partial charge < -0.3 is 10.0 Å². The highest BCUT2D eigenvalue weighted by molar-refractivity contribution is 5.75. The molecule has 0 atom stereocenters. The van der Waals surface area contributed by atoms with E-state index in [1.54, 1.807) is 6.07 Å². The van der Waals surface area contributed by atoms with Crippen LogP contribution in [0, 0.1) is 29.5 Å². The van der Waals surface area contributed by atoms with Crippen molar-refractivity contribution < 1.29 is 14.3 Å². The molecular weight excluding hydrogens is 223 g/mol. The maximum Gasteiger partial charge on any atom is 0.323 e. The van der Waals surface area contributed by atoms with Gasteiger partial charge >= 0.3 is 5.97 Å². The summed E-state index contributed by atoms with van der Waals surface area (Å²) in [7, 11) is 0. The lowest BCUT2D eigenvalue weighted by molar-refractivity contribution is -0.135. The number of hydrogen-bond donors (Lipinski definition) is 1. The first-order valence-electron chi connectivity index (χ1n) is 4.69. The van der Waals surface area contributed by atoms with E-state index in [0.717, 1.165) is 6.07 Å². The van der Waals surface area contributed by atoms with E-state index in [2.05, 4.69) is 5.92 Å². The molecule has 0 aromatic heterocycles. The quantitative estimate of drug-likeness (QED) is 0.793. The van der Waals surface area contributed by atoms with Crippen LogP contribution in [0.5, 0.6) is 0 Å². The van der Waals surface area contributed by atoms with Crippen molar-refractivity contribution in [3.8, 4) is 18.4 Å². The summed E-state index contributed by atoms with van der Waals surface area (Å²) in [6.45, 7) is -0.396. The summed E-state index contributed by atoms with van der Waals surface area (Å²) in [4.78, 5) is 11.9. The van der Waals surface area contributed by atoms with Gasteiger partial charge in [0, 0.05) is 0 Å². The van der Waals surface area contributed by atoms with Gasteiger partial charge in [0.1, 0.15) is 24.0 Å². The van der Waals surface area contributed by atoms with E-state index in [1.807, 2.05) is 0 Å². The molecule has 0 saturated carbocycles. The predicted octanol–water partition coefficient (Wildman–Crippen LogP) is 1.22. The molecule has 1 N–H and O–H groups in total. The van der Waals surface area contributed by atoms with Gasteiger partial charge in [-0.3, -0.25) is 4.79 Å². The first-order valence-corrected chi connectivity index (χ1v) is 4.69. The number of carboxylic acid groups (broad SMARTS) is 1. The van der Waals surface area contributed by atoms with E-state index >= 15 is 0 Å². The summed E-state index contributed by atoms with van der Waals surface area (Å²) in [5.41, 5.74) is -0.0168. The molecule has 0 radical (unpaired) electrons. The third-order valence-corrected chi connectivity index (χ3v) is 2.05. The first-order chi connectivity index (χ1) is 8.10. The SMILES string of the molecule is C#CCN(CC(=O)O)c1cccc(F)c1C#N. The lowest BCUT2D eigenvalue weighted by Gasteiger charge is -2.21. The van der Waals surface area contributed by atoms with Gasteiger partial charge in [-0.25, -0.2) is 4.39 Å². The van der Waals surface area contributed by atoms with Gasteiger partial charge in [-0.15, -0.1) is 6.42 Å². The maximum atomic E-state index is 13.3. The molecule has 0 heterocycles. The molecule has 0 bridgehead atoms. The van der Waals surface area contributed by atoms with Gasteiger partial charge in [0.05, 0.1) is 12.2 Å². The normalized spacial score (nSPS) is 9.12. The fraction of sp³-hybridized carbons (Fsp3) is 0.167. The molecule has 0 amide bonds. The smallest absolute Gasteiger partial charge is 0.323 e. The average molecular weight is 232 g/mol.